The number of aromatic hydroxyl groups is 1. The number of carboxylic acid groups (broad SMARTS) is 1. The number of nitrogens with one attached hydrogen (secondary N) is 4. The Labute approximate surface area is 166 Å². The lowest BCUT2D eigenvalue weighted by atomic mass is 10.0. The van der Waals surface area contributed by atoms with Gasteiger partial charge < -0.3 is 31.9 Å². The minimum Gasteiger partial charge on any atom is -0.508 e. The highest BCUT2D eigenvalue weighted by molar-refractivity contribution is 5.98. The van der Waals surface area contributed by atoms with Gasteiger partial charge in [0.1, 0.15) is 5.75 Å². The largest absolute Gasteiger partial charge is 0.508 e. The van der Waals surface area contributed by atoms with Crippen LogP contribution in [0.4, 0.5) is 5.69 Å². The monoisotopic (exact) mass is 399 g/mol. The van der Waals surface area contributed by atoms with Gasteiger partial charge in [-0.1, -0.05) is 24.3 Å². The lowest BCUT2D eigenvalue weighted by Gasteiger charge is -2.18. The lowest BCUT2D eigenvalue weighted by Crippen LogP contribution is -2.39. The second-order valence-corrected chi connectivity index (χ2v) is 6.08. The minimum absolute atomic E-state index is 0.141. The van der Waals surface area contributed by atoms with Crippen LogP contribution in [0.15, 0.2) is 48.5 Å². The summed E-state index contributed by atoms with van der Waals surface area (Å²) in [5, 5.41) is 33.7. The molecule has 2 amide bonds. The lowest BCUT2D eigenvalue weighted by molar-refractivity contribution is -0.137. The zero-order chi connectivity index (χ0) is 21.4. The fourth-order valence-electron chi connectivity index (χ4n) is 2.60. The van der Waals surface area contributed by atoms with E-state index in [9.17, 15) is 19.5 Å². The van der Waals surface area contributed by atoms with E-state index in [-0.39, 0.29) is 22.8 Å². The van der Waals surface area contributed by atoms with E-state index >= 15 is 0 Å². The van der Waals surface area contributed by atoms with Gasteiger partial charge in [-0.15, -0.1) is 0 Å². The molecule has 1 unspecified atom stereocenters. The van der Waals surface area contributed by atoms with Gasteiger partial charge in [-0.2, -0.15) is 0 Å². The highest BCUT2D eigenvalue weighted by Gasteiger charge is 2.21. The number of aliphatic carboxylic acids is 1. The molecule has 0 fully saturated rings. The van der Waals surface area contributed by atoms with Crippen LogP contribution in [0.1, 0.15) is 28.4 Å². The van der Waals surface area contributed by atoms with Crippen LogP contribution in [0.3, 0.4) is 0 Å². The Balaban J connectivity index is 2.00. The summed E-state index contributed by atoms with van der Waals surface area (Å²) in [6, 6.07) is 11.3. The van der Waals surface area contributed by atoms with Gasteiger partial charge in [0.25, 0.3) is 5.91 Å². The highest BCUT2D eigenvalue weighted by atomic mass is 16.4. The molecule has 2 rings (SSSR count). The summed E-state index contributed by atoms with van der Waals surface area (Å²) in [7, 11) is 0. The van der Waals surface area contributed by atoms with Crippen LogP contribution in [-0.4, -0.2) is 40.5 Å². The smallest absolute Gasteiger partial charge is 0.305 e. The molecule has 0 saturated carbocycles. The molecule has 0 spiro atoms. The standard InChI is InChI=1S/C19H21N5O5/c20-19(21)23-12-5-3-4-11(8-12)18(29)22-10-16(26)24-14(9-17(27)28)13-6-1-2-7-15(13)25/h1-8,14,25H,9-10H2,(H,22,29)(H,24,26)(H,27,28)(H4,20,21,23). The molecule has 1 atom stereocenters. The van der Waals surface area contributed by atoms with Crippen molar-refractivity contribution in [3.05, 3.63) is 59.7 Å². The van der Waals surface area contributed by atoms with Crippen molar-refractivity contribution in [2.24, 2.45) is 5.73 Å². The molecule has 10 nitrogen and oxygen atoms in total. The zero-order valence-electron chi connectivity index (χ0n) is 15.3. The molecule has 0 heterocycles. The number of hydrogen-bond donors (Lipinski definition) is 7. The van der Waals surface area contributed by atoms with Crippen LogP contribution in [0.5, 0.6) is 5.75 Å². The van der Waals surface area contributed by atoms with Crippen molar-refractivity contribution in [2.45, 2.75) is 12.5 Å². The van der Waals surface area contributed by atoms with E-state index in [1.165, 1.54) is 24.3 Å². The van der Waals surface area contributed by atoms with Crippen molar-refractivity contribution < 1.29 is 24.6 Å². The van der Waals surface area contributed by atoms with Crippen molar-refractivity contribution in [3.8, 4) is 5.75 Å². The maximum Gasteiger partial charge on any atom is 0.305 e. The third-order valence-electron chi connectivity index (χ3n) is 3.84. The number of guanidine groups is 1. The summed E-state index contributed by atoms with van der Waals surface area (Å²) in [4.78, 5) is 35.5. The van der Waals surface area contributed by atoms with E-state index in [2.05, 4.69) is 16.0 Å². The number of phenols is 1. The summed E-state index contributed by atoms with van der Waals surface area (Å²) in [6.07, 6.45) is -0.435. The Bertz CT molecular complexity index is 931. The second-order valence-electron chi connectivity index (χ2n) is 6.08. The molecule has 0 aliphatic rings. The van der Waals surface area contributed by atoms with Crippen molar-refractivity contribution in [2.75, 3.05) is 11.9 Å². The molecule has 8 N–H and O–H groups in total. The van der Waals surface area contributed by atoms with Crippen LogP contribution in [0, 0.1) is 5.41 Å². The van der Waals surface area contributed by atoms with Gasteiger partial charge in [0.2, 0.25) is 5.91 Å². The number of nitrogens with two attached hydrogens (primary N) is 1. The van der Waals surface area contributed by atoms with Gasteiger partial charge in [0, 0.05) is 16.8 Å². The first-order valence-corrected chi connectivity index (χ1v) is 8.54. The predicted molar refractivity (Wildman–Crippen MR) is 106 cm³/mol. The van der Waals surface area contributed by atoms with Crippen LogP contribution < -0.4 is 21.7 Å². The van der Waals surface area contributed by atoms with Crippen LogP contribution in [0.25, 0.3) is 0 Å². The van der Waals surface area contributed by atoms with Crippen molar-refractivity contribution in [3.63, 3.8) is 0 Å². The average Bonchev–Trinajstić information content (AvgIpc) is 2.65. The number of carbonyl (C=O) groups excluding carboxylic acids is 2. The Morgan fingerprint density at radius 1 is 1.10 bits per heavy atom. The Morgan fingerprint density at radius 2 is 1.83 bits per heavy atom. The number of hydrogen-bond acceptors (Lipinski definition) is 5. The van der Waals surface area contributed by atoms with E-state index in [1.807, 2.05) is 0 Å². The van der Waals surface area contributed by atoms with Gasteiger partial charge in [-0.25, -0.2) is 0 Å². The van der Waals surface area contributed by atoms with E-state index in [0.29, 0.717) is 5.69 Å². The van der Waals surface area contributed by atoms with Crippen LogP contribution in [0.2, 0.25) is 0 Å². The molecule has 10 heteroatoms. The van der Waals surface area contributed by atoms with E-state index in [0.717, 1.165) is 0 Å². The van der Waals surface area contributed by atoms with E-state index in [1.54, 1.807) is 24.3 Å². The molecule has 29 heavy (non-hydrogen) atoms. The Kier molecular flexibility index (Phi) is 7.13. The molecule has 2 aromatic carbocycles. The topological polar surface area (TPSA) is 178 Å². The second kappa shape index (κ2) is 9.74. The minimum atomic E-state index is -1.16. The number of rotatable bonds is 8. The summed E-state index contributed by atoms with van der Waals surface area (Å²) in [5.41, 5.74) is 6.19. The zero-order valence-corrected chi connectivity index (χ0v) is 15.3. The molecule has 0 radical (unpaired) electrons. The Hall–Kier alpha value is -4.08. The van der Waals surface area contributed by atoms with Gasteiger partial charge >= 0.3 is 5.97 Å². The number of phenolic OH excluding ortho intramolecular Hbond substituents is 1. The van der Waals surface area contributed by atoms with E-state index in [4.69, 9.17) is 16.2 Å². The van der Waals surface area contributed by atoms with Gasteiger partial charge in [-0.05, 0) is 24.3 Å². The number of carbonyl (C=O) groups is 3. The summed E-state index contributed by atoms with van der Waals surface area (Å²) < 4.78 is 0. The molecule has 0 aliphatic carbocycles. The number of amides is 2. The molecule has 0 saturated heterocycles. The predicted octanol–water partition coefficient (Wildman–Crippen LogP) is 0.760. The van der Waals surface area contributed by atoms with Crippen molar-refractivity contribution in [1.82, 2.24) is 10.6 Å². The van der Waals surface area contributed by atoms with Crippen molar-refractivity contribution in [1.29, 1.82) is 5.41 Å². The average molecular weight is 399 g/mol. The first-order chi connectivity index (χ1) is 13.8. The van der Waals surface area contributed by atoms with Crippen LogP contribution in [-0.2, 0) is 9.59 Å². The maximum absolute atomic E-state index is 12.2. The highest BCUT2D eigenvalue weighted by Crippen LogP contribution is 2.25. The SMILES string of the molecule is N=C(N)Nc1cccc(C(=O)NCC(=O)NC(CC(=O)O)c2ccccc2O)c1. The number of para-hydroxylation sites is 1. The number of benzene rings is 2. The van der Waals surface area contributed by atoms with Gasteiger partial charge in [0.15, 0.2) is 5.96 Å². The Morgan fingerprint density at radius 3 is 2.48 bits per heavy atom. The fourth-order valence-corrected chi connectivity index (χ4v) is 2.60. The van der Waals surface area contributed by atoms with Gasteiger partial charge in [0.05, 0.1) is 19.0 Å². The summed E-state index contributed by atoms with van der Waals surface area (Å²) in [5.74, 6) is -2.73. The molecular weight excluding hydrogens is 378 g/mol. The molecular formula is C19H21N5O5. The maximum atomic E-state index is 12.2. The van der Waals surface area contributed by atoms with Crippen molar-refractivity contribution >= 4 is 29.4 Å². The number of carboxylic acids is 1. The number of anilines is 1. The quantitative estimate of drug-likeness (QED) is 0.253. The molecule has 0 bridgehead atoms. The third kappa shape index (κ3) is 6.54. The van der Waals surface area contributed by atoms with Gasteiger partial charge in [-0.3, -0.25) is 19.8 Å². The molecule has 152 valence electrons. The first kappa shape index (κ1) is 21.2. The molecule has 0 aliphatic heterocycles. The molecule has 2 aromatic rings. The summed E-state index contributed by atoms with van der Waals surface area (Å²) >= 11 is 0. The first-order valence-electron chi connectivity index (χ1n) is 8.54. The summed E-state index contributed by atoms with van der Waals surface area (Å²) in [6.45, 7) is -0.396. The normalized spacial score (nSPS) is 11.2. The third-order valence-corrected chi connectivity index (χ3v) is 3.84. The fraction of sp³-hybridized carbons (Fsp3) is 0.158. The van der Waals surface area contributed by atoms with E-state index < -0.39 is 36.8 Å². The van der Waals surface area contributed by atoms with Crippen LogP contribution >= 0.6 is 0 Å². The molecule has 0 aromatic heterocycles.